The monoisotopic (exact) mass is 745 g/mol. The topological polar surface area (TPSA) is 141 Å². The van der Waals surface area contributed by atoms with Gasteiger partial charge in [-0.1, -0.05) is 103 Å². The summed E-state index contributed by atoms with van der Waals surface area (Å²) < 4.78 is 19.2. The Labute approximate surface area is 317 Å². The van der Waals surface area contributed by atoms with Crippen LogP contribution in [0.5, 0.6) is 0 Å². The number of rotatable bonds is 12. The summed E-state index contributed by atoms with van der Waals surface area (Å²) in [5.41, 5.74) is 5.89. The number of alkyl carbamates (subject to hydrolysis) is 1. The number of hydrogen-bond donors (Lipinski definition) is 2. The summed E-state index contributed by atoms with van der Waals surface area (Å²) in [7, 11) is 0. The van der Waals surface area contributed by atoms with Crippen molar-refractivity contribution >= 4 is 29.7 Å². The molecule has 5 aromatic rings. The lowest BCUT2D eigenvalue weighted by Gasteiger charge is -2.36. The van der Waals surface area contributed by atoms with Gasteiger partial charge in [-0.3, -0.25) is 14.5 Å². The second kappa shape index (κ2) is 17.1. The number of hydrogen-bond acceptors (Lipinski definition) is 9. The number of aromatic nitrogens is 1. The molecular weight excluding hydrogens is 707 g/mol. The summed E-state index contributed by atoms with van der Waals surface area (Å²) in [6.45, 7) is 0.0537. The molecule has 11 nitrogen and oxygen atoms in total. The third kappa shape index (κ3) is 8.97. The second-order valence-corrected chi connectivity index (χ2v) is 14.2. The number of thioether (sulfide) groups is 1. The summed E-state index contributed by atoms with van der Waals surface area (Å²) in [4.78, 5) is 39.7. The molecule has 7 rings (SSSR count). The number of nitrogens with one attached hydrogen (secondary N) is 1. The molecule has 4 atom stereocenters. The van der Waals surface area contributed by atoms with E-state index in [-0.39, 0.29) is 44.3 Å². The van der Waals surface area contributed by atoms with E-state index in [1.807, 2.05) is 109 Å². The summed E-state index contributed by atoms with van der Waals surface area (Å²) in [5.74, 6) is -0.322. The summed E-state index contributed by atoms with van der Waals surface area (Å²) in [6, 6.07) is 36.6. The van der Waals surface area contributed by atoms with Gasteiger partial charge in [-0.15, -0.1) is 0 Å². The summed E-state index contributed by atoms with van der Waals surface area (Å²) in [6.07, 6.45) is -0.0716. The highest BCUT2D eigenvalue weighted by atomic mass is 32.2. The number of aliphatic hydroxyl groups excluding tert-OH is 1. The molecule has 276 valence electrons. The largest absolute Gasteiger partial charge is 0.618 e. The minimum atomic E-state index is -0.997. The predicted molar refractivity (Wildman–Crippen MR) is 200 cm³/mol. The van der Waals surface area contributed by atoms with Crippen LogP contribution in [0.4, 0.5) is 4.79 Å². The van der Waals surface area contributed by atoms with Gasteiger partial charge in [0.05, 0.1) is 31.8 Å². The lowest BCUT2D eigenvalue weighted by atomic mass is 9.99. The molecule has 2 saturated heterocycles. The Morgan fingerprint density at radius 3 is 2.37 bits per heavy atom. The molecule has 2 aliphatic rings. The molecule has 54 heavy (non-hydrogen) atoms. The van der Waals surface area contributed by atoms with Gasteiger partial charge >= 0.3 is 6.09 Å². The first-order valence-corrected chi connectivity index (χ1v) is 18.6. The normalized spacial score (nSPS) is 19.8. The fourth-order valence-electron chi connectivity index (χ4n) is 6.49. The molecule has 3 heterocycles. The fraction of sp³-hybridized carbons (Fsp3) is 0.238. The molecular formula is C42H39N3O8S. The molecule has 0 bridgehead atoms. The summed E-state index contributed by atoms with van der Waals surface area (Å²) >= 11 is 1.43. The number of aliphatic hydroxyl groups is 1. The van der Waals surface area contributed by atoms with Crippen molar-refractivity contribution in [3.05, 3.63) is 161 Å². The molecule has 12 heteroatoms. The maximum Gasteiger partial charge on any atom is 0.408 e. The van der Waals surface area contributed by atoms with Gasteiger partial charge in [-0.2, -0.15) is 4.73 Å². The third-order valence-electron chi connectivity index (χ3n) is 9.33. The van der Waals surface area contributed by atoms with Crippen molar-refractivity contribution in [3.63, 3.8) is 0 Å². The van der Waals surface area contributed by atoms with Gasteiger partial charge in [0.25, 0.3) is 10.9 Å². The Kier molecular flexibility index (Phi) is 11.6. The van der Waals surface area contributed by atoms with Gasteiger partial charge in [-0.05, 0) is 51.6 Å². The Morgan fingerprint density at radius 1 is 0.852 bits per heavy atom. The van der Waals surface area contributed by atoms with Crippen LogP contribution >= 0.6 is 11.8 Å². The number of ether oxygens (including phenoxy) is 3. The quantitative estimate of drug-likeness (QED) is 0.0645. The van der Waals surface area contributed by atoms with Crippen LogP contribution in [0, 0.1) is 5.21 Å². The smallest absolute Gasteiger partial charge is 0.408 e. The number of benzene rings is 4. The highest BCUT2D eigenvalue weighted by molar-refractivity contribution is 7.99. The first-order chi connectivity index (χ1) is 26.3. The fourth-order valence-corrected chi connectivity index (χ4v) is 7.43. The number of imide groups is 1. The average molecular weight is 746 g/mol. The van der Waals surface area contributed by atoms with Gasteiger partial charge in [0.15, 0.2) is 12.5 Å². The van der Waals surface area contributed by atoms with Crippen LogP contribution in [0.3, 0.4) is 0 Å². The van der Waals surface area contributed by atoms with Crippen LogP contribution in [0.15, 0.2) is 133 Å². The average Bonchev–Trinajstić information content (AvgIpc) is 3.47. The van der Waals surface area contributed by atoms with E-state index in [9.17, 15) is 24.7 Å². The Morgan fingerprint density at radius 2 is 1.59 bits per heavy atom. The SMILES string of the molecule is O=C(NC1CC(=O)N(Cc2cccc(-c3cccc([C@H]4O[C@@H](CSc5cccc[n+]5[O-])C[C@@H](c5ccc(CO)cc5)O4)c3)c2)C1=O)OCc1ccccc1. The van der Waals surface area contributed by atoms with E-state index in [2.05, 4.69) is 5.32 Å². The number of nitrogens with zero attached hydrogens (tertiary/aromatic N) is 2. The molecule has 0 saturated carbocycles. The van der Waals surface area contributed by atoms with Crippen LogP contribution in [-0.4, -0.2) is 45.8 Å². The number of carbonyl (C=O) groups excluding carboxylic acids is 3. The maximum absolute atomic E-state index is 13.2. The number of likely N-dealkylation sites (tertiary alicyclic amines) is 1. The van der Waals surface area contributed by atoms with Crippen LogP contribution in [0.25, 0.3) is 11.1 Å². The zero-order valence-corrected chi connectivity index (χ0v) is 30.1. The van der Waals surface area contributed by atoms with Crippen molar-refractivity contribution in [1.29, 1.82) is 0 Å². The maximum atomic E-state index is 13.2. The number of pyridine rings is 1. The third-order valence-corrected chi connectivity index (χ3v) is 10.5. The zero-order valence-electron chi connectivity index (χ0n) is 29.3. The first-order valence-electron chi connectivity index (χ1n) is 17.7. The van der Waals surface area contributed by atoms with Crippen LogP contribution < -0.4 is 10.0 Å². The zero-order chi connectivity index (χ0) is 37.4. The highest BCUT2D eigenvalue weighted by Gasteiger charge is 2.40. The highest BCUT2D eigenvalue weighted by Crippen LogP contribution is 2.40. The minimum Gasteiger partial charge on any atom is -0.618 e. The molecule has 0 radical (unpaired) electrons. The molecule has 1 aromatic heterocycles. The van der Waals surface area contributed by atoms with Crippen molar-refractivity contribution in [3.8, 4) is 11.1 Å². The molecule has 3 amide bonds. The lowest BCUT2D eigenvalue weighted by Crippen LogP contribution is -2.41. The summed E-state index contributed by atoms with van der Waals surface area (Å²) in [5, 5.41) is 25.0. The van der Waals surface area contributed by atoms with Crippen LogP contribution in [-0.2, 0) is 43.6 Å². The van der Waals surface area contributed by atoms with Gasteiger partial charge in [0.2, 0.25) is 5.91 Å². The molecule has 0 aliphatic carbocycles. The van der Waals surface area contributed by atoms with Crippen molar-refractivity contribution in [1.82, 2.24) is 10.2 Å². The van der Waals surface area contributed by atoms with E-state index in [1.54, 1.807) is 12.1 Å². The Hall–Kier alpha value is -5.53. The minimum absolute atomic E-state index is 0.0501. The van der Waals surface area contributed by atoms with Crippen molar-refractivity contribution in [2.75, 3.05) is 5.75 Å². The van der Waals surface area contributed by atoms with E-state index in [4.69, 9.17) is 14.2 Å². The molecule has 0 spiro atoms. The Bertz CT molecular complexity index is 2100. The van der Waals surface area contributed by atoms with Crippen molar-refractivity contribution < 1.29 is 38.4 Å². The molecule has 4 aromatic carbocycles. The van der Waals surface area contributed by atoms with Gasteiger partial charge in [0, 0.05) is 29.9 Å². The second-order valence-electron chi connectivity index (χ2n) is 13.1. The van der Waals surface area contributed by atoms with Gasteiger partial charge in [-0.25, -0.2) is 4.79 Å². The van der Waals surface area contributed by atoms with Crippen LogP contribution in [0.1, 0.15) is 53.1 Å². The predicted octanol–water partition coefficient (Wildman–Crippen LogP) is 6.37. The molecule has 2 aliphatic heterocycles. The van der Waals surface area contributed by atoms with E-state index in [0.29, 0.717) is 17.2 Å². The van der Waals surface area contributed by atoms with Crippen molar-refractivity contribution in [2.45, 2.75) is 62.2 Å². The Balaban J connectivity index is 1.04. The lowest BCUT2D eigenvalue weighted by molar-refractivity contribution is -0.645. The first kappa shape index (κ1) is 36.8. The van der Waals surface area contributed by atoms with E-state index in [0.717, 1.165) is 48.6 Å². The van der Waals surface area contributed by atoms with E-state index < -0.39 is 24.3 Å². The molecule has 1 unspecified atom stereocenters. The van der Waals surface area contributed by atoms with Gasteiger partial charge in [0.1, 0.15) is 12.6 Å². The van der Waals surface area contributed by atoms with Crippen LogP contribution in [0.2, 0.25) is 0 Å². The van der Waals surface area contributed by atoms with E-state index in [1.165, 1.54) is 18.0 Å². The van der Waals surface area contributed by atoms with Crippen molar-refractivity contribution in [2.24, 2.45) is 0 Å². The van der Waals surface area contributed by atoms with Gasteiger partial charge < -0.3 is 29.8 Å². The standard InChI is InChI=1S/C42H39N3O8S/c46-25-28-15-17-31(18-16-28)37-22-35(27-54-39-14-4-5-19-45(39)50)52-41(53-37)34-13-7-12-33(21-34)32-11-6-10-30(20-32)24-44-38(47)23-36(40(44)48)43-42(49)51-26-29-8-2-1-3-9-29/h1-21,35-37,41,46H,22-27H2,(H,43,49)/t35-,36?,37+,41+/m1/s1. The molecule has 2 fully saturated rings. The number of carbonyl (C=O) groups is 3. The number of amides is 3. The molecule has 2 N–H and O–H groups in total. The van der Waals surface area contributed by atoms with E-state index >= 15 is 0 Å².